The molecular formula is C6H15N3O2. The van der Waals surface area contributed by atoms with Crippen LogP contribution in [-0.4, -0.2) is 22.8 Å². The lowest BCUT2D eigenvalue weighted by Gasteiger charge is -2.25. The van der Waals surface area contributed by atoms with Crippen molar-refractivity contribution in [1.29, 1.82) is 0 Å². The Morgan fingerprint density at radius 2 is 2.09 bits per heavy atom. The highest BCUT2D eigenvalue weighted by Gasteiger charge is 2.35. The molecule has 5 nitrogen and oxygen atoms in total. The van der Waals surface area contributed by atoms with Crippen molar-refractivity contribution in [3.8, 4) is 0 Å². The first kappa shape index (κ1) is 10.3. The van der Waals surface area contributed by atoms with Crippen LogP contribution in [-0.2, 0) is 4.79 Å². The summed E-state index contributed by atoms with van der Waals surface area (Å²) in [6.07, 6.45) is 1.28. The van der Waals surface area contributed by atoms with Gasteiger partial charge in [0.25, 0.3) is 0 Å². The molecule has 0 saturated carbocycles. The average Bonchev–Trinajstić information content (AvgIpc) is 1.88. The van der Waals surface area contributed by atoms with E-state index in [0.29, 0.717) is 6.42 Å². The largest absolute Gasteiger partial charge is 0.479 e. The molecule has 0 rings (SSSR count). The Balaban J connectivity index is 4.17. The van der Waals surface area contributed by atoms with E-state index in [0.717, 1.165) is 6.42 Å². The van der Waals surface area contributed by atoms with E-state index in [9.17, 15) is 4.79 Å². The van der Waals surface area contributed by atoms with Gasteiger partial charge in [-0.3, -0.25) is 0 Å². The first-order valence-corrected chi connectivity index (χ1v) is 3.49. The predicted octanol–water partition coefficient (Wildman–Crippen LogP) is -1.19. The van der Waals surface area contributed by atoms with Crippen LogP contribution in [0.25, 0.3) is 0 Å². The van der Waals surface area contributed by atoms with Gasteiger partial charge in [-0.1, -0.05) is 13.3 Å². The van der Waals surface area contributed by atoms with Gasteiger partial charge < -0.3 is 22.3 Å². The van der Waals surface area contributed by atoms with Crippen LogP contribution in [0.2, 0.25) is 0 Å². The lowest BCUT2D eigenvalue weighted by atomic mass is 9.99. The molecule has 5 heteroatoms. The van der Waals surface area contributed by atoms with Gasteiger partial charge in [0.2, 0.25) is 0 Å². The van der Waals surface area contributed by atoms with Crippen molar-refractivity contribution >= 4 is 5.97 Å². The summed E-state index contributed by atoms with van der Waals surface area (Å²) >= 11 is 0. The van der Waals surface area contributed by atoms with Crippen LogP contribution in [0.3, 0.4) is 0 Å². The van der Waals surface area contributed by atoms with Crippen molar-refractivity contribution in [2.75, 3.05) is 0 Å². The first-order valence-electron chi connectivity index (χ1n) is 3.49. The van der Waals surface area contributed by atoms with Crippen LogP contribution >= 0.6 is 0 Å². The lowest BCUT2D eigenvalue weighted by Crippen LogP contribution is -2.67. The molecule has 0 amide bonds. The topological polar surface area (TPSA) is 115 Å². The summed E-state index contributed by atoms with van der Waals surface area (Å²) < 4.78 is 0. The molecule has 0 spiro atoms. The van der Waals surface area contributed by atoms with Crippen molar-refractivity contribution in [2.24, 2.45) is 17.2 Å². The summed E-state index contributed by atoms with van der Waals surface area (Å²) in [7, 11) is 0. The summed E-state index contributed by atoms with van der Waals surface area (Å²) in [4.78, 5) is 10.4. The van der Waals surface area contributed by atoms with Crippen LogP contribution in [0.4, 0.5) is 0 Å². The molecule has 0 aliphatic rings. The van der Waals surface area contributed by atoms with E-state index in [2.05, 4.69) is 0 Å². The average molecular weight is 161 g/mol. The summed E-state index contributed by atoms with van der Waals surface area (Å²) in [6, 6.07) is -0.690. The van der Waals surface area contributed by atoms with Gasteiger partial charge in [0.1, 0.15) is 0 Å². The third-order valence-corrected chi connectivity index (χ3v) is 1.58. The zero-order chi connectivity index (χ0) is 9.07. The minimum Gasteiger partial charge on any atom is -0.479 e. The maximum absolute atomic E-state index is 10.4. The van der Waals surface area contributed by atoms with Crippen molar-refractivity contribution in [3.05, 3.63) is 0 Å². The standard InChI is InChI=1S/C6H15N3O2/c1-2-3-4(7)6(8,9)5(10)11/h4H,2-3,7-9H2,1H3,(H,10,11). The lowest BCUT2D eigenvalue weighted by molar-refractivity contribution is -0.144. The molecule has 0 heterocycles. The van der Waals surface area contributed by atoms with Gasteiger partial charge in [-0.15, -0.1) is 0 Å². The SMILES string of the molecule is CCCC(N)C(N)(N)C(=O)O. The van der Waals surface area contributed by atoms with Crippen LogP contribution in [0.1, 0.15) is 19.8 Å². The van der Waals surface area contributed by atoms with Gasteiger partial charge in [0.15, 0.2) is 5.66 Å². The molecule has 0 aromatic rings. The molecular weight excluding hydrogens is 146 g/mol. The normalized spacial score (nSPS) is 14.5. The van der Waals surface area contributed by atoms with Gasteiger partial charge in [0.05, 0.1) is 0 Å². The number of nitrogens with two attached hydrogens (primary N) is 3. The Morgan fingerprint density at radius 3 is 2.36 bits per heavy atom. The Hall–Kier alpha value is -0.650. The van der Waals surface area contributed by atoms with Gasteiger partial charge >= 0.3 is 5.97 Å². The number of rotatable bonds is 4. The monoisotopic (exact) mass is 161 g/mol. The van der Waals surface area contributed by atoms with Gasteiger partial charge in [-0.2, -0.15) is 0 Å². The Labute approximate surface area is 65.5 Å². The number of carbonyl (C=O) groups is 1. The fourth-order valence-corrected chi connectivity index (χ4v) is 0.708. The van der Waals surface area contributed by atoms with E-state index in [4.69, 9.17) is 22.3 Å². The van der Waals surface area contributed by atoms with Crippen molar-refractivity contribution < 1.29 is 9.90 Å². The molecule has 1 atom stereocenters. The molecule has 0 aromatic carbocycles. The highest BCUT2D eigenvalue weighted by Crippen LogP contribution is 2.03. The third-order valence-electron chi connectivity index (χ3n) is 1.58. The van der Waals surface area contributed by atoms with Crippen molar-refractivity contribution in [1.82, 2.24) is 0 Å². The molecule has 0 bridgehead atoms. The maximum atomic E-state index is 10.4. The minimum atomic E-state index is -1.80. The van der Waals surface area contributed by atoms with Gasteiger partial charge in [0, 0.05) is 6.04 Å². The van der Waals surface area contributed by atoms with E-state index in [1.54, 1.807) is 0 Å². The van der Waals surface area contributed by atoms with Gasteiger partial charge in [-0.05, 0) is 6.42 Å². The summed E-state index contributed by atoms with van der Waals surface area (Å²) in [5.74, 6) is -1.27. The number of carboxylic acids is 1. The molecule has 0 fully saturated rings. The smallest absolute Gasteiger partial charge is 0.340 e. The second kappa shape index (κ2) is 3.66. The van der Waals surface area contributed by atoms with E-state index in [-0.39, 0.29) is 0 Å². The molecule has 7 N–H and O–H groups in total. The first-order chi connectivity index (χ1) is 4.92. The highest BCUT2D eigenvalue weighted by molar-refractivity contribution is 5.78. The summed E-state index contributed by atoms with van der Waals surface area (Å²) in [6.45, 7) is 1.89. The number of carboxylic acid groups (broad SMARTS) is 1. The molecule has 1 unspecified atom stereocenters. The van der Waals surface area contributed by atoms with Crippen molar-refractivity contribution in [2.45, 2.75) is 31.5 Å². The third kappa shape index (κ3) is 2.45. The quantitative estimate of drug-likeness (QED) is 0.387. The van der Waals surface area contributed by atoms with Gasteiger partial charge in [-0.25, -0.2) is 4.79 Å². The molecule has 11 heavy (non-hydrogen) atoms. The van der Waals surface area contributed by atoms with E-state index < -0.39 is 17.7 Å². The van der Waals surface area contributed by atoms with Crippen LogP contribution in [0.5, 0.6) is 0 Å². The number of aliphatic carboxylic acids is 1. The zero-order valence-corrected chi connectivity index (χ0v) is 6.58. The highest BCUT2D eigenvalue weighted by atomic mass is 16.4. The van der Waals surface area contributed by atoms with Crippen LogP contribution < -0.4 is 17.2 Å². The minimum absolute atomic E-state index is 0.513. The Morgan fingerprint density at radius 1 is 1.64 bits per heavy atom. The fourth-order valence-electron chi connectivity index (χ4n) is 0.708. The van der Waals surface area contributed by atoms with E-state index in [1.165, 1.54) is 0 Å². The zero-order valence-electron chi connectivity index (χ0n) is 6.58. The number of hydrogen-bond acceptors (Lipinski definition) is 4. The molecule has 0 radical (unpaired) electrons. The summed E-state index contributed by atoms with van der Waals surface area (Å²) in [5.41, 5.74) is 14.1. The molecule has 0 aromatic heterocycles. The van der Waals surface area contributed by atoms with Crippen LogP contribution in [0.15, 0.2) is 0 Å². The maximum Gasteiger partial charge on any atom is 0.340 e. The fraction of sp³-hybridized carbons (Fsp3) is 0.833. The number of hydrogen-bond donors (Lipinski definition) is 4. The Kier molecular flexibility index (Phi) is 3.44. The second-order valence-corrected chi connectivity index (χ2v) is 2.63. The Bertz CT molecular complexity index is 147. The second-order valence-electron chi connectivity index (χ2n) is 2.63. The van der Waals surface area contributed by atoms with E-state index in [1.807, 2.05) is 6.92 Å². The van der Waals surface area contributed by atoms with Crippen molar-refractivity contribution in [3.63, 3.8) is 0 Å². The predicted molar refractivity (Wildman–Crippen MR) is 41.6 cm³/mol. The molecule has 0 aliphatic carbocycles. The van der Waals surface area contributed by atoms with Crippen LogP contribution in [0, 0.1) is 0 Å². The molecule has 0 aliphatic heterocycles. The molecule has 0 saturated heterocycles. The van der Waals surface area contributed by atoms with E-state index >= 15 is 0 Å². The summed E-state index contributed by atoms with van der Waals surface area (Å²) in [5, 5.41) is 8.51. The molecule has 66 valence electrons.